The zero-order chi connectivity index (χ0) is 18.9. The average Bonchev–Trinajstić information content (AvgIpc) is 2.70. The van der Waals surface area contributed by atoms with Crippen LogP contribution in [0, 0.1) is 0 Å². The molecule has 6 nitrogen and oxygen atoms in total. The van der Waals surface area contributed by atoms with E-state index in [0.717, 1.165) is 44.2 Å². The number of piperazine rings is 1. The predicted octanol–water partition coefficient (Wildman–Crippen LogP) is 1.78. The molecule has 0 atom stereocenters. The second kappa shape index (κ2) is 10.1. The summed E-state index contributed by atoms with van der Waals surface area (Å²) in [4.78, 5) is 16.9. The van der Waals surface area contributed by atoms with Gasteiger partial charge in [0.05, 0.1) is 6.54 Å². The minimum Gasteiger partial charge on any atom is -0.492 e. The van der Waals surface area contributed by atoms with Crippen LogP contribution in [0.3, 0.4) is 0 Å². The Hall–Kier alpha value is -2.41. The number of anilines is 1. The van der Waals surface area contributed by atoms with Crippen molar-refractivity contribution in [1.82, 2.24) is 9.80 Å². The van der Waals surface area contributed by atoms with Crippen LogP contribution in [0.4, 0.5) is 5.69 Å². The standard InChI is InChI=1S/C21H28N4O2/c22-10-15-27-20-8-6-19(7-9-20)23-21(26)17-25-13-11-24(12-14-25)16-18-4-2-1-3-5-18/h1-9H,10-17,22H2,(H,23,26). The summed E-state index contributed by atoms with van der Waals surface area (Å²) in [5, 5.41) is 2.95. The molecule has 3 N–H and O–H groups in total. The Morgan fingerprint density at radius 2 is 1.63 bits per heavy atom. The van der Waals surface area contributed by atoms with E-state index in [0.29, 0.717) is 19.7 Å². The van der Waals surface area contributed by atoms with Gasteiger partial charge in [-0.05, 0) is 29.8 Å². The van der Waals surface area contributed by atoms with E-state index in [2.05, 4.69) is 39.4 Å². The lowest BCUT2D eigenvalue weighted by Crippen LogP contribution is -2.48. The minimum atomic E-state index is 0.0159. The molecule has 0 bridgehead atoms. The van der Waals surface area contributed by atoms with E-state index in [1.807, 2.05) is 30.3 Å². The molecular weight excluding hydrogens is 340 g/mol. The van der Waals surface area contributed by atoms with Crippen molar-refractivity contribution >= 4 is 11.6 Å². The number of amides is 1. The first-order valence-electron chi connectivity index (χ1n) is 9.44. The summed E-state index contributed by atoms with van der Waals surface area (Å²) < 4.78 is 5.44. The maximum absolute atomic E-state index is 12.3. The third kappa shape index (κ3) is 6.36. The predicted molar refractivity (Wildman–Crippen MR) is 108 cm³/mol. The number of nitrogens with one attached hydrogen (secondary N) is 1. The molecule has 1 aliphatic heterocycles. The van der Waals surface area contributed by atoms with Crippen molar-refractivity contribution in [3.05, 3.63) is 60.2 Å². The first-order chi connectivity index (χ1) is 13.2. The van der Waals surface area contributed by atoms with Gasteiger partial charge >= 0.3 is 0 Å². The number of nitrogens with two attached hydrogens (primary N) is 1. The lowest BCUT2D eigenvalue weighted by atomic mass is 10.2. The molecule has 0 saturated carbocycles. The van der Waals surface area contributed by atoms with Gasteiger partial charge in [0.15, 0.2) is 0 Å². The Kier molecular flexibility index (Phi) is 7.21. The fraction of sp³-hybridized carbons (Fsp3) is 0.381. The monoisotopic (exact) mass is 368 g/mol. The Morgan fingerprint density at radius 1 is 0.963 bits per heavy atom. The summed E-state index contributed by atoms with van der Waals surface area (Å²) in [6.45, 7) is 6.14. The topological polar surface area (TPSA) is 70.8 Å². The van der Waals surface area contributed by atoms with Crippen molar-refractivity contribution < 1.29 is 9.53 Å². The van der Waals surface area contributed by atoms with Crippen molar-refractivity contribution in [1.29, 1.82) is 0 Å². The van der Waals surface area contributed by atoms with Crippen LogP contribution in [0.15, 0.2) is 54.6 Å². The number of hydrogen-bond donors (Lipinski definition) is 2. The van der Waals surface area contributed by atoms with Crippen LogP contribution in [-0.2, 0) is 11.3 Å². The second-order valence-electron chi connectivity index (χ2n) is 6.75. The molecule has 1 saturated heterocycles. The van der Waals surface area contributed by atoms with Gasteiger partial charge in [0.2, 0.25) is 5.91 Å². The second-order valence-corrected chi connectivity index (χ2v) is 6.75. The van der Waals surface area contributed by atoms with Crippen LogP contribution in [0.25, 0.3) is 0 Å². The van der Waals surface area contributed by atoms with Crippen LogP contribution < -0.4 is 15.8 Å². The highest BCUT2D eigenvalue weighted by Crippen LogP contribution is 2.15. The van der Waals surface area contributed by atoms with Gasteiger partial charge in [-0.3, -0.25) is 14.6 Å². The molecule has 144 valence electrons. The maximum atomic E-state index is 12.3. The highest BCUT2D eigenvalue weighted by molar-refractivity contribution is 5.92. The number of ether oxygens (including phenoxy) is 1. The maximum Gasteiger partial charge on any atom is 0.238 e. The zero-order valence-electron chi connectivity index (χ0n) is 15.6. The normalized spacial score (nSPS) is 15.4. The molecule has 6 heteroatoms. The van der Waals surface area contributed by atoms with Gasteiger partial charge in [-0.2, -0.15) is 0 Å². The molecule has 0 radical (unpaired) electrons. The molecule has 0 aromatic heterocycles. The first-order valence-corrected chi connectivity index (χ1v) is 9.44. The third-order valence-corrected chi connectivity index (χ3v) is 4.61. The number of nitrogens with zero attached hydrogens (tertiary/aromatic N) is 2. The highest BCUT2D eigenvalue weighted by atomic mass is 16.5. The van der Waals surface area contributed by atoms with E-state index in [4.69, 9.17) is 10.5 Å². The number of rotatable bonds is 8. The molecule has 1 heterocycles. The van der Waals surface area contributed by atoms with Gasteiger partial charge < -0.3 is 15.8 Å². The van der Waals surface area contributed by atoms with Gasteiger partial charge in [-0.1, -0.05) is 30.3 Å². The number of benzene rings is 2. The quantitative estimate of drug-likeness (QED) is 0.743. The van der Waals surface area contributed by atoms with Gasteiger partial charge in [0.1, 0.15) is 12.4 Å². The Balaban J connectivity index is 1.39. The molecule has 3 rings (SSSR count). The SMILES string of the molecule is NCCOc1ccc(NC(=O)CN2CCN(Cc3ccccc3)CC2)cc1. The summed E-state index contributed by atoms with van der Waals surface area (Å²) in [5.74, 6) is 0.773. The summed E-state index contributed by atoms with van der Waals surface area (Å²) in [7, 11) is 0. The molecule has 2 aromatic rings. The summed E-state index contributed by atoms with van der Waals surface area (Å²) in [6, 6.07) is 17.9. The fourth-order valence-corrected chi connectivity index (χ4v) is 3.16. The Labute approximate surface area is 160 Å². The molecule has 0 spiro atoms. The molecule has 0 unspecified atom stereocenters. The van der Waals surface area contributed by atoms with Crippen LogP contribution in [0.1, 0.15) is 5.56 Å². The number of hydrogen-bond acceptors (Lipinski definition) is 5. The van der Waals surface area contributed by atoms with Crippen molar-refractivity contribution in [2.24, 2.45) is 5.73 Å². The fourth-order valence-electron chi connectivity index (χ4n) is 3.16. The van der Waals surface area contributed by atoms with Crippen LogP contribution in [-0.4, -0.2) is 61.6 Å². The smallest absolute Gasteiger partial charge is 0.238 e. The lowest BCUT2D eigenvalue weighted by molar-refractivity contribution is -0.117. The largest absolute Gasteiger partial charge is 0.492 e. The highest BCUT2D eigenvalue weighted by Gasteiger charge is 2.19. The van der Waals surface area contributed by atoms with E-state index in [-0.39, 0.29) is 5.91 Å². The van der Waals surface area contributed by atoms with Gasteiger partial charge in [0.25, 0.3) is 0 Å². The average molecular weight is 368 g/mol. The summed E-state index contributed by atoms with van der Waals surface area (Å²) in [6.07, 6.45) is 0. The molecule has 0 aliphatic carbocycles. The van der Waals surface area contributed by atoms with Gasteiger partial charge in [-0.15, -0.1) is 0 Å². The zero-order valence-corrected chi connectivity index (χ0v) is 15.6. The molecular formula is C21H28N4O2. The van der Waals surface area contributed by atoms with Crippen LogP contribution in [0.5, 0.6) is 5.75 Å². The van der Waals surface area contributed by atoms with Gasteiger partial charge in [0, 0.05) is 45.0 Å². The molecule has 27 heavy (non-hydrogen) atoms. The van der Waals surface area contributed by atoms with Crippen molar-refractivity contribution in [3.8, 4) is 5.75 Å². The Morgan fingerprint density at radius 3 is 2.30 bits per heavy atom. The van der Waals surface area contributed by atoms with Crippen LogP contribution in [0.2, 0.25) is 0 Å². The van der Waals surface area contributed by atoms with E-state index in [9.17, 15) is 4.79 Å². The first kappa shape index (κ1) is 19.4. The Bertz CT molecular complexity index is 698. The van der Waals surface area contributed by atoms with E-state index >= 15 is 0 Å². The molecule has 1 aliphatic rings. The molecule has 1 amide bonds. The summed E-state index contributed by atoms with van der Waals surface area (Å²) in [5.41, 5.74) is 7.53. The van der Waals surface area contributed by atoms with Crippen molar-refractivity contribution in [3.63, 3.8) is 0 Å². The minimum absolute atomic E-state index is 0.0159. The summed E-state index contributed by atoms with van der Waals surface area (Å²) >= 11 is 0. The van der Waals surface area contributed by atoms with Crippen LogP contribution >= 0.6 is 0 Å². The number of carbonyl (C=O) groups is 1. The number of carbonyl (C=O) groups excluding carboxylic acids is 1. The lowest BCUT2D eigenvalue weighted by Gasteiger charge is -2.34. The third-order valence-electron chi connectivity index (χ3n) is 4.61. The molecule has 1 fully saturated rings. The van der Waals surface area contributed by atoms with Crippen molar-refractivity contribution in [2.45, 2.75) is 6.54 Å². The van der Waals surface area contributed by atoms with E-state index in [1.54, 1.807) is 0 Å². The molecule has 2 aromatic carbocycles. The van der Waals surface area contributed by atoms with E-state index < -0.39 is 0 Å². The van der Waals surface area contributed by atoms with Gasteiger partial charge in [-0.25, -0.2) is 0 Å². The van der Waals surface area contributed by atoms with Crippen molar-refractivity contribution in [2.75, 3.05) is 51.2 Å². The van der Waals surface area contributed by atoms with E-state index in [1.165, 1.54) is 5.56 Å².